The fraction of sp³-hybridized carbons (Fsp3) is 0.857. The van der Waals surface area contributed by atoms with E-state index < -0.39 is 23.2 Å². The number of rotatable bonds is 4. The standard InChI is InChI=1S/C14H24N4O4/c1-5-21-11(19)14(17-18-15)8-6-7-10(9-14)16-12(20)22-13(2,3)4/h10H,5-9H2,1-4H3,(H,16,20). The second-order valence-corrected chi connectivity index (χ2v) is 6.38. The van der Waals surface area contributed by atoms with Crippen LogP contribution in [0, 0.1) is 0 Å². The maximum Gasteiger partial charge on any atom is 0.407 e. The molecule has 0 spiro atoms. The average Bonchev–Trinajstić information content (AvgIpc) is 2.37. The van der Waals surface area contributed by atoms with Crippen molar-refractivity contribution in [3.8, 4) is 0 Å². The van der Waals surface area contributed by atoms with Gasteiger partial charge in [-0.25, -0.2) is 4.79 Å². The van der Waals surface area contributed by atoms with Gasteiger partial charge in [-0.05, 0) is 52.5 Å². The molecule has 8 nitrogen and oxygen atoms in total. The maximum absolute atomic E-state index is 12.1. The molecule has 0 heterocycles. The first-order chi connectivity index (χ1) is 10.2. The molecule has 1 amide bonds. The van der Waals surface area contributed by atoms with Crippen molar-refractivity contribution in [2.75, 3.05) is 6.61 Å². The van der Waals surface area contributed by atoms with Crippen molar-refractivity contribution < 1.29 is 19.1 Å². The largest absolute Gasteiger partial charge is 0.465 e. The predicted molar refractivity (Wildman–Crippen MR) is 80.1 cm³/mol. The Hall–Kier alpha value is -1.95. The Morgan fingerprint density at radius 1 is 1.45 bits per heavy atom. The summed E-state index contributed by atoms with van der Waals surface area (Å²) in [6.45, 7) is 7.23. The second-order valence-electron chi connectivity index (χ2n) is 6.38. The Morgan fingerprint density at radius 2 is 2.14 bits per heavy atom. The van der Waals surface area contributed by atoms with Crippen molar-refractivity contribution >= 4 is 12.1 Å². The highest BCUT2D eigenvalue weighted by Crippen LogP contribution is 2.33. The summed E-state index contributed by atoms with van der Waals surface area (Å²) >= 11 is 0. The van der Waals surface area contributed by atoms with Gasteiger partial charge in [0.05, 0.1) is 6.61 Å². The van der Waals surface area contributed by atoms with E-state index in [1.54, 1.807) is 27.7 Å². The second kappa shape index (κ2) is 7.35. The lowest BCUT2D eigenvalue weighted by Gasteiger charge is -2.35. The minimum atomic E-state index is -1.25. The Labute approximate surface area is 130 Å². The normalized spacial score (nSPS) is 24.8. The monoisotopic (exact) mass is 312 g/mol. The molecule has 1 saturated carbocycles. The van der Waals surface area contributed by atoms with E-state index in [4.69, 9.17) is 15.0 Å². The average molecular weight is 312 g/mol. The first kappa shape index (κ1) is 18.1. The van der Waals surface area contributed by atoms with E-state index in [-0.39, 0.29) is 19.1 Å². The number of esters is 1. The van der Waals surface area contributed by atoms with Crippen LogP contribution in [-0.2, 0) is 14.3 Å². The highest BCUT2D eigenvalue weighted by molar-refractivity contribution is 5.81. The van der Waals surface area contributed by atoms with Crippen molar-refractivity contribution in [1.29, 1.82) is 0 Å². The smallest absolute Gasteiger partial charge is 0.407 e. The van der Waals surface area contributed by atoms with Gasteiger partial charge < -0.3 is 14.8 Å². The third kappa shape index (κ3) is 5.11. The molecular formula is C14H24N4O4. The molecule has 1 fully saturated rings. The van der Waals surface area contributed by atoms with Gasteiger partial charge in [-0.2, -0.15) is 0 Å². The number of hydrogen-bond donors (Lipinski definition) is 1. The number of carbonyl (C=O) groups excluding carboxylic acids is 2. The lowest BCUT2D eigenvalue weighted by atomic mass is 9.79. The van der Waals surface area contributed by atoms with E-state index in [0.717, 1.165) is 0 Å². The van der Waals surface area contributed by atoms with Crippen molar-refractivity contribution in [2.45, 2.75) is 70.6 Å². The van der Waals surface area contributed by atoms with Crippen LogP contribution in [0.3, 0.4) is 0 Å². The van der Waals surface area contributed by atoms with Crippen LogP contribution in [-0.4, -0.2) is 35.9 Å². The van der Waals surface area contributed by atoms with Crippen LogP contribution in [0.5, 0.6) is 0 Å². The summed E-state index contributed by atoms with van der Waals surface area (Å²) in [7, 11) is 0. The van der Waals surface area contributed by atoms with Gasteiger partial charge in [-0.3, -0.25) is 4.79 Å². The van der Waals surface area contributed by atoms with Crippen LogP contribution < -0.4 is 5.32 Å². The number of amides is 1. The van der Waals surface area contributed by atoms with Crippen LogP contribution in [0.15, 0.2) is 5.11 Å². The molecule has 2 unspecified atom stereocenters. The van der Waals surface area contributed by atoms with E-state index in [2.05, 4.69) is 15.3 Å². The van der Waals surface area contributed by atoms with Gasteiger partial charge in [0.25, 0.3) is 0 Å². The Balaban J connectivity index is 2.78. The minimum absolute atomic E-state index is 0.214. The highest BCUT2D eigenvalue weighted by atomic mass is 16.6. The number of alkyl carbamates (subject to hydrolysis) is 1. The third-order valence-corrected chi connectivity index (χ3v) is 3.34. The van der Waals surface area contributed by atoms with Crippen molar-refractivity contribution in [3.63, 3.8) is 0 Å². The third-order valence-electron chi connectivity index (χ3n) is 3.34. The van der Waals surface area contributed by atoms with E-state index in [1.807, 2.05) is 0 Å². The van der Waals surface area contributed by atoms with E-state index >= 15 is 0 Å². The Bertz CT molecular complexity index is 468. The molecule has 1 N–H and O–H groups in total. The molecular weight excluding hydrogens is 288 g/mol. The van der Waals surface area contributed by atoms with E-state index in [1.165, 1.54) is 0 Å². The van der Waals surface area contributed by atoms with Gasteiger partial charge in [0.15, 0.2) is 0 Å². The zero-order chi connectivity index (χ0) is 16.8. The Morgan fingerprint density at radius 3 is 2.68 bits per heavy atom. The number of nitrogens with one attached hydrogen (secondary N) is 1. The summed E-state index contributed by atoms with van der Waals surface area (Å²) in [5, 5.41) is 6.41. The van der Waals surface area contributed by atoms with E-state index in [9.17, 15) is 9.59 Å². The summed E-state index contributed by atoms with van der Waals surface area (Å²) in [6.07, 6.45) is 1.44. The van der Waals surface area contributed by atoms with Crippen LogP contribution in [0.4, 0.5) is 4.79 Å². The molecule has 0 aromatic rings. The summed E-state index contributed by atoms with van der Waals surface area (Å²) in [5.41, 5.74) is 6.92. The predicted octanol–water partition coefficient (Wildman–Crippen LogP) is 3.07. The summed E-state index contributed by atoms with van der Waals surface area (Å²) < 4.78 is 10.2. The van der Waals surface area contributed by atoms with Crippen LogP contribution in [0.25, 0.3) is 10.4 Å². The van der Waals surface area contributed by atoms with Crippen LogP contribution in [0.1, 0.15) is 53.4 Å². The topological polar surface area (TPSA) is 113 Å². The minimum Gasteiger partial charge on any atom is -0.465 e. The lowest BCUT2D eigenvalue weighted by molar-refractivity contribution is -0.151. The van der Waals surface area contributed by atoms with Crippen molar-refractivity contribution in [1.82, 2.24) is 5.32 Å². The zero-order valence-corrected chi connectivity index (χ0v) is 13.6. The van der Waals surface area contributed by atoms with Gasteiger partial charge in [0, 0.05) is 11.0 Å². The molecule has 1 rings (SSSR count). The van der Waals surface area contributed by atoms with E-state index in [0.29, 0.717) is 19.3 Å². The summed E-state index contributed by atoms with van der Waals surface area (Å²) in [5.74, 6) is -0.538. The first-order valence-electron chi connectivity index (χ1n) is 7.45. The fourth-order valence-corrected chi connectivity index (χ4v) is 2.52. The molecule has 0 aliphatic heterocycles. The molecule has 2 atom stereocenters. The van der Waals surface area contributed by atoms with Crippen LogP contribution >= 0.6 is 0 Å². The van der Waals surface area contributed by atoms with Crippen molar-refractivity contribution in [3.05, 3.63) is 10.4 Å². The fourth-order valence-electron chi connectivity index (χ4n) is 2.52. The molecule has 1 aliphatic carbocycles. The molecule has 8 heteroatoms. The first-order valence-corrected chi connectivity index (χ1v) is 7.45. The SMILES string of the molecule is CCOC(=O)C1(N=[N+]=[N-])CCCC(NC(=O)OC(C)(C)C)C1. The summed E-state index contributed by atoms with van der Waals surface area (Å²) in [4.78, 5) is 26.8. The molecule has 124 valence electrons. The quantitative estimate of drug-likeness (QED) is 0.372. The molecule has 0 saturated heterocycles. The number of nitrogens with zero attached hydrogens (tertiary/aromatic N) is 3. The lowest BCUT2D eigenvalue weighted by Crippen LogP contribution is -2.50. The number of azide groups is 1. The van der Waals surface area contributed by atoms with Crippen LogP contribution in [0.2, 0.25) is 0 Å². The molecule has 1 aliphatic rings. The molecule has 0 aromatic carbocycles. The molecule has 0 aromatic heterocycles. The summed E-state index contributed by atoms with van der Waals surface area (Å²) in [6, 6.07) is -0.293. The van der Waals surface area contributed by atoms with Crippen molar-refractivity contribution in [2.24, 2.45) is 5.11 Å². The highest BCUT2D eigenvalue weighted by Gasteiger charge is 2.44. The van der Waals surface area contributed by atoms with Gasteiger partial charge in [-0.1, -0.05) is 11.5 Å². The number of carbonyl (C=O) groups is 2. The maximum atomic E-state index is 12.1. The molecule has 0 bridgehead atoms. The Kier molecular flexibility index (Phi) is 6.05. The zero-order valence-electron chi connectivity index (χ0n) is 13.6. The van der Waals surface area contributed by atoms with Gasteiger partial charge in [-0.15, -0.1) is 0 Å². The van der Waals surface area contributed by atoms with Gasteiger partial charge >= 0.3 is 12.1 Å². The number of hydrogen-bond acceptors (Lipinski definition) is 5. The number of ether oxygens (including phenoxy) is 2. The molecule has 22 heavy (non-hydrogen) atoms. The molecule has 0 radical (unpaired) electrons. The van der Waals surface area contributed by atoms with Gasteiger partial charge in [0.1, 0.15) is 11.1 Å². The van der Waals surface area contributed by atoms with Gasteiger partial charge in [0.2, 0.25) is 0 Å².